The van der Waals surface area contributed by atoms with E-state index in [2.05, 4.69) is 6.92 Å². The molecule has 1 rings (SSSR count). The number of rotatable bonds is 6. The average molecular weight is 286 g/mol. The van der Waals surface area contributed by atoms with Crippen LogP contribution in [-0.2, 0) is 9.53 Å². The molecule has 0 spiro atoms. The fourth-order valence-corrected chi connectivity index (χ4v) is 1.79. The Bertz CT molecular complexity index is 584. The van der Waals surface area contributed by atoms with Crippen LogP contribution in [0.1, 0.15) is 29.6 Å². The Morgan fingerprint density at radius 3 is 2.19 bits per heavy atom. The van der Waals surface area contributed by atoms with Crippen molar-refractivity contribution in [1.82, 2.24) is 0 Å². The molecule has 0 bridgehead atoms. The zero-order valence-electron chi connectivity index (χ0n) is 13.1. The number of allylic oxidation sites excluding steroid dienone is 6. The van der Waals surface area contributed by atoms with Crippen LogP contribution in [-0.4, -0.2) is 12.6 Å². The van der Waals surface area contributed by atoms with Gasteiger partial charge < -0.3 is 9.15 Å². The van der Waals surface area contributed by atoms with Crippen LogP contribution in [0, 0.1) is 20.8 Å². The second-order valence-corrected chi connectivity index (χ2v) is 4.49. The van der Waals surface area contributed by atoms with E-state index >= 15 is 0 Å². The molecule has 21 heavy (non-hydrogen) atoms. The van der Waals surface area contributed by atoms with Gasteiger partial charge in [0, 0.05) is 11.6 Å². The highest BCUT2D eigenvalue weighted by molar-refractivity contribution is 5.82. The smallest absolute Gasteiger partial charge is 0.330 e. The Morgan fingerprint density at radius 1 is 1.00 bits per heavy atom. The molecule has 0 atom stereocenters. The first kappa shape index (κ1) is 16.8. The van der Waals surface area contributed by atoms with Gasteiger partial charge in [0.1, 0.15) is 11.5 Å². The van der Waals surface area contributed by atoms with Crippen LogP contribution in [0.3, 0.4) is 0 Å². The Balaban J connectivity index is 2.48. The molecular formula is C18H22O3. The quantitative estimate of drug-likeness (QED) is 0.440. The Kier molecular flexibility index (Phi) is 7.02. The van der Waals surface area contributed by atoms with Crippen molar-refractivity contribution in [2.24, 2.45) is 0 Å². The van der Waals surface area contributed by atoms with Gasteiger partial charge in [-0.05, 0) is 33.3 Å². The molecular weight excluding hydrogens is 264 g/mol. The molecule has 1 heterocycles. The molecule has 3 heteroatoms. The molecule has 0 fully saturated rings. The normalized spacial score (nSPS) is 12.4. The maximum Gasteiger partial charge on any atom is 0.330 e. The highest BCUT2D eigenvalue weighted by atomic mass is 16.5. The third-order valence-electron chi connectivity index (χ3n) is 2.95. The lowest BCUT2D eigenvalue weighted by molar-refractivity contribution is -0.137. The van der Waals surface area contributed by atoms with Crippen LogP contribution < -0.4 is 0 Å². The third kappa shape index (κ3) is 5.69. The van der Waals surface area contributed by atoms with Crippen molar-refractivity contribution in [2.75, 3.05) is 6.61 Å². The summed E-state index contributed by atoms with van der Waals surface area (Å²) in [5.74, 6) is 1.56. The van der Waals surface area contributed by atoms with Gasteiger partial charge in [-0.25, -0.2) is 4.79 Å². The summed E-state index contributed by atoms with van der Waals surface area (Å²) in [7, 11) is 0. The van der Waals surface area contributed by atoms with Crippen molar-refractivity contribution in [3.8, 4) is 0 Å². The van der Waals surface area contributed by atoms with Gasteiger partial charge in [0.25, 0.3) is 0 Å². The summed E-state index contributed by atoms with van der Waals surface area (Å²) in [5, 5.41) is 0. The van der Waals surface area contributed by atoms with Gasteiger partial charge in [0.05, 0.1) is 6.61 Å². The highest BCUT2D eigenvalue weighted by Gasteiger charge is 2.06. The summed E-state index contributed by atoms with van der Waals surface area (Å²) in [6, 6.07) is 0. The minimum Gasteiger partial charge on any atom is -0.466 e. The molecule has 0 aliphatic carbocycles. The summed E-state index contributed by atoms with van der Waals surface area (Å²) in [6.45, 7) is 8.15. The van der Waals surface area contributed by atoms with Crippen molar-refractivity contribution >= 4 is 12.0 Å². The summed E-state index contributed by atoms with van der Waals surface area (Å²) in [5.41, 5.74) is 2.30. The van der Waals surface area contributed by atoms with Crippen LogP contribution in [0.25, 0.3) is 6.08 Å². The Labute approximate surface area is 126 Å². The van der Waals surface area contributed by atoms with E-state index in [-0.39, 0.29) is 5.97 Å². The molecule has 0 saturated carbocycles. The predicted molar refractivity (Wildman–Crippen MR) is 86.0 cm³/mol. The number of furan rings is 1. The first-order valence-electron chi connectivity index (χ1n) is 6.97. The zero-order valence-corrected chi connectivity index (χ0v) is 13.1. The molecule has 0 aliphatic rings. The molecule has 0 radical (unpaired) electrons. The van der Waals surface area contributed by atoms with Crippen molar-refractivity contribution in [3.63, 3.8) is 0 Å². The van der Waals surface area contributed by atoms with Crippen molar-refractivity contribution in [2.45, 2.75) is 27.7 Å². The van der Waals surface area contributed by atoms with Crippen LogP contribution in [0.15, 0.2) is 46.9 Å². The van der Waals surface area contributed by atoms with Crippen molar-refractivity contribution in [3.05, 3.63) is 65.2 Å². The Morgan fingerprint density at radius 2 is 1.62 bits per heavy atom. The third-order valence-corrected chi connectivity index (χ3v) is 2.95. The van der Waals surface area contributed by atoms with E-state index < -0.39 is 0 Å². The fourth-order valence-electron chi connectivity index (χ4n) is 1.79. The maximum absolute atomic E-state index is 11.0. The van der Waals surface area contributed by atoms with E-state index in [1.54, 1.807) is 19.1 Å². The number of esters is 1. The average Bonchev–Trinajstić information content (AvgIpc) is 2.68. The van der Waals surface area contributed by atoms with Crippen molar-refractivity contribution < 1.29 is 13.9 Å². The Hall–Kier alpha value is -2.29. The van der Waals surface area contributed by atoms with E-state index in [9.17, 15) is 4.79 Å². The number of hydrogen-bond acceptors (Lipinski definition) is 3. The summed E-state index contributed by atoms with van der Waals surface area (Å²) < 4.78 is 10.3. The first-order valence-corrected chi connectivity index (χ1v) is 6.97. The molecule has 0 unspecified atom stereocenters. The largest absolute Gasteiger partial charge is 0.466 e. The number of carbonyl (C=O) groups is 1. The van der Waals surface area contributed by atoms with Crippen molar-refractivity contribution in [1.29, 1.82) is 0 Å². The fraction of sp³-hybridized carbons (Fsp3) is 0.278. The maximum atomic E-state index is 11.0. The summed E-state index contributed by atoms with van der Waals surface area (Å²) >= 11 is 0. The predicted octanol–water partition coefficient (Wildman–Crippen LogP) is 4.45. The standard InChI is InChI=1S/C18H22O3/c1-5-20-18(19)13-11-9-7-6-8-10-12-17-14(2)15(3)21-16(17)4/h6-13H,5H2,1-4H3. The second kappa shape index (κ2) is 8.80. The van der Waals surface area contributed by atoms with Crippen LogP contribution >= 0.6 is 0 Å². The summed E-state index contributed by atoms with van der Waals surface area (Å²) in [4.78, 5) is 11.0. The van der Waals surface area contributed by atoms with Gasteiger partial charge in [0.2, 0.25) is 0 Å². The molecule has 0 aliphatic heterocycles. The van der Waals surface area contributed by atoms with Crippen LogP contribution in [0.5, 0.6) is 0 Å². The number of hydrogen-bond donors (Lipinski definition) is 0. The van der Waals surface area contributed by atoms with Crippen LogP contribution in [0.4, 0.5) is 0 Å². The molecule has 0 saturated heterocycles. The van der Waals surface area contributed by atoms with E-state index in [1.165, 1.54) is 11.6 Å². The van der Waals surface area contributed by atoms with E-state index in [1.807, 2.05) is 44.2 Å². The number of aryl methyl sites for hydroxylation is 2. The molecule has 112 valence electrons. The lowest BCUT2D eigenvalue weighted by atomic mass is 10.1. The SMILES string of the molecule is CCOC(=O)C=CC=CC=CC=Cc1c(C)oc(C)c1C. The molecule has 0 N–H and O–H groups in total. The molecule has 1 aromatic heterocycles. The first-order chi connectivity index (χ1) is 10.1. The lowest BCUT2D eigenvalue weighted by Gasteiger charge is -1.92. The molecule has 0 aromatic carbocycles. The van der Waals surface area contributed by atoms with Gasteiger partial charge in [-0.15, -0.1) is 0 Å². The van der Waals surface area contributed by atoms with E-state index in [0.717, 1.165) is 17.1 Å². The monoisotopic (exact) mass is 286 g/mol. The zero-order chi connectivity index (χ0) is 15.7. The van der Waals surface area contributed by atoms with Gasteiger partial charge in [-0.1, -0.05) is 42.5 Å². The van der Waals surface area contributed by atoms with E-state index in [4.69, 9.17) is 9.15 Å². The van der Waals surface area contributed by atoms with Gasteiger partial charge >= 0.3 is 5.97 Å². The molecule has 1 aromatic rings. The molecule has 0 amide bonds. The van der Waals surface area contributed by atoms with Gasteiger partial charge in [0.15, 0.2) is 0 Å². The van der Waals surface area contributed by atoms with Gasteiger partial charge in [-0.2, -0.15) is 0 Å². The highest BCUT2D eigenvalue weighted by Crippen LogP contribution is 2.21. The second-order valence-electron chi connectivity index (χ2n) is 4.49. The van der Waals surface area contributed by atoms with Gasteiger partial charge in [-0.3, -0.25) is 0 Å². The van der Waals surface area contributed by atoms with Crippen LogP contribution in [0.2, 0.25) is 0 Å². The lowest BCUT2D eigenvalue weighted by Crippen LogP contribution is -1.98. The summed E-state index contributed by atoms with van der Waals surface area (Å²) in [6.07, 6.45) is 14.5. The molecule has 3 nitrogen and oxygen atoms in total. The number of ether oxygens (including phenoxy) is 1. The topological polar surface area (TPSA) is 39.4 Å². The number of carbonyl (C=O) groups excluding carboxylic acids is 1. The van der Waals surface area contributed by atoms with E-state index in [0.29, 0.717) is 6.61 Å². The minimum absolute atomic E-state index is 0.327. The minimum atomic E-state index is -0.327.